The van der Waals surface area contributed by atoms with Gasteiger partial charge in [0.05, 0.1) is 0 Å². The molecule has 0 saturated carbocycles. The lowest BCUT2D eigenvalue weighted by Crippen LogP contribution is -2.47. The van der Waals surface area contributed by atoms with Crippen molar-refractivity contribution in [1.82, 2.24) is 19.2 Å². The Morgan fingerprint density at radius 3 is 2.45 bits per heavy atom. The molecule has 1 fully saturated rings. The molecule has 1 aliphatic heterocycles. The first-order chi connectivity index (χ1) is 14.5. The number of alkyl halides is 2. The maximum atomic E-state index is 14.7. The van der Waals surface area contributed by atoms with Crippen LogP contribution in [0.1, 0.15) is 54.3 Å². The SMILES string of the molecule is Cc1ccc(F)c([C@H](C)[C@H](NS(=O)(=O)N2CCC(C(F)F)CC2)c2n[nH]c(=O)o2)c1C. The Labute approximate surface area is 178 Å². The van der Waals surface area contributed by atoms with Crippen molar-refractivity contribution < 1.29 is 26.0 Å². The van der Waals surface area contributed by atoms with Gasteiger partial charge in [0.2, 0.25) is 12.3 Å². The lowest BCUT2D eigenvalue weighted by molar-refractivity contribution is 0.0488. The Balaban J connectivity index is 1.92. The molecule has 31 heavy (non-hydrogen) atoms. The van der Waals surface area contributed by atoms with Crippen LogP contribution in [0.15, 0.2) is 21.3 Å². The first-order valence-electron chi connectivity index (χ1n) is 9.87. The van der Waals surface area contributed by atoms with Gasteiger partial charge in [0.25, 0.3) is 10.2 Å². The summed E-state index contributed by atoms with van der Waals surface area (Å²) in [5.74, 6) is -3.31. The molecule has 12 heteroatoms. The minimum absolute atomic E-state index is 0.0297. The number of benzene rings is 1. The summed E-state index contributed by atoms with van der Waals surface area (Å²) in [7, 11) is -4.16. The Bertz CT molecular complexity index is 1080. The second kappa shape index (κ2) is 9.13. The largest absolute Gasteiger partial charge is 0.434 e. The zero-order chi connectivity index (χ0) is 22.9. The monoisotopic (exact) mass is 462 g/mol. The van der Waals surface area contributed by atoms with Crippen LogP contribution in [0.2, 0.25) is 0 Å². The minimum Gasteiger partial charge on any atom is -0.391 e. The van der Waals surface area contributed by atoms with Crippen LogP contribution in [0.4, 0.5) is 13.2 Å². The number of hydrogen-bond donors (Lipinski definition) is 2. The van der Waals surface area contributed by atoms with Gasteiger partial charge < -0.3 is 4.42 Å². The highest BCUT2D eigenvalue weighted by atomic mass is 32.2. The van der Waals surface area contributed by atoms with Gasteiger partial charge in [-0.3, -0.25) is 0 Å². The fraction of sp³-hybridized carbons (Fsp3) is 0.579. The zero-order valence-electron chi connectivity index (χ0n) is 17.4. The number of hydrogen-bond acceptors (Lipinski definition) is 5. The Morgan fingerprint density at radius 2 is 1.90 bits per heavy atom. The lowest BCUT2D eigenvalue weighted by Gasteiger charge is -2.33. The van der Waals surface area contributed by atoms with Crippen molar-refractivity contribution in [3.63, 3.8) is 0 Å². The average molecular weight is 462 g/mol. The lowest BCUT2D eigenvalue weighted by atomic mass is 9.88. The van der Waals surface area contributed by atoms with E-state index in [1.807, 2.05) is 0 Å². The van der Waals surface area contributed by atoms with Gasteiger partial charge in [-0.05, 0) is 49.4 Å². The molecule has 0 unspecified atom stereocenters. The third kappa shape index (κ3) is 5.01. The van der Waals surface area contributed by atoms with Crippen LogP contribution in [0.25, 0.3) is 0 Å². The summed E-state index contributed by atoms with van der Waals surface area (Å²) in [5.41, 5.74) is 1.70. The number of aromatic amines is 1. The van der Waals surface area contributed by atoms with Crippen molar-refractivity contribution in [2.45, 2.75) is 52.0 Å². The van der Waals surface area contributed by atoms with Gasteiger partial charge in [-0.15, -0.1) is 5.10 Å². The molecule has 2 heterocycles. The van der Waals surface area contributed by atoms with Gasteiger partial charge in [0, 0.05) is 24.9 Å². The number of aryl methyl sites for hydroxylation is 1. The maximum Gasteiger partial charge on any atom is 0.434 e. The molecule has 2 N–H and O–H groups in total. The highest BCUT2D eigenvalue weighted by Gasteiger charge is 2.37. The summed E-state index contributed by atoms with van der Waals surface area (Å²) in [6.07, 6.45) is -2.44. The van der Waals surface area contributed by atoms with E-state index >= 15 is 0 Å². The summed E-state index contributed by atoms with van der Waals surface area (Å²) in [6, 6.07) is 1.70. The molecular weight excluding hydrogens is 437 g/mol. The average Bonchev–Trinajstić information content (AvgIpc) is 3.15. The second-order valence-electron chi connectivity index (χ2n) is 7.81. The standard InChI is InChI=1S/C19H25F3N4O4S/c1-10-4-5-14(20)15(11(10)2)12(3)16(18-23-24-19(27)30-18)25-31(28,29)26-8-6-13(7-9-26)17(21)22/h4-5,12-13,16-17,25H,6-9H2,1-3H3,(H,24,27)/t12-,16-/m0/s1. The molecule has 0 bridgehead atoms. The summed E-state index contributed by atoms with van der Waals surface area (Å²) in [4.78, 5) is 11.5. The third-order valence-corrected chi connectivity index (χ3v) is 7.48. The van der Waals surface area contributed by atoms with Crippen molar-refractivity contribution in [3.05, 3.63) is 51.1 Å². The van der Waals surface area contributed by atoms with E-state index < -0.39 is 46.1 Å². The second-order valence-corrected chi connectivity index (χ2v) is 9.52. The number of halogens is 3. The van der Waals surface area contributed by atoms with E-state index in [9.17, 15) is 26.4 Å². The molecule has 1 aromatic heterocycles. The van der Waals surface area contributed by atoms with E-state index in [2.05, 4.69) is 14.9 Å². The molecule has 1 aliphatic rings. The summed E-state index contributed by atoms with van der Waals surface area (Å²) < 4.78 is 75.0. The van der Waals surface area contributed by atoms with Gasteiger partial charge in [-0.2, -0.15) is 17.4 Å². The molecule has 0 aliphatic carbocycles. The number of rotatable bonds is 7. The zero-order valence-corrected chi connectivity index (χ0v) is 18.2. The highest BCUT2D eigenvalue weighted by molar-refractivity contribution is 7.87. The van der Waals surface area contributed by atoms with Crippen LogP contribution < -0.4 is 10.5 Å². The first kappa shape index (κ1) is 23.5. The summed E-state index contributed by atoms with van der Waals surface area (Å²) in [6.45, 7) is 4.95. The van der Waals surface area contributed by atoms with E-state index in [4.69, 9.17) is 4.42 Å². The van der Waals surface area contributed by atoms with Gasteiger partial charge in [0.1, 0.15) is 11.9 Å². The van der Waals surface area contributed by atoms with Crippen LogP contribution in [0.3, 0.4) is 0 Å². The quantitative estimate of drug-likeness (QED) is 0.658. The minimum atomic E-state index is -4.16. The molecule has 172 valence electrons. The summed E-state index contributed by atoms with van der Waals surface area (Å²) >= 11 is 0. The molecule has 2 aromatic rings. The number of piperidine rings is 1. The molecule has 2 atom stereocenters. The number of nitrogens with zero attached hydrogens (tertiary/aromatic N) is 2. The third-order valence-electron chi connectivity index (χ3n) is 5.88. The molecule has 8 nitrogen and oxygen atoms in total. The number of nitrogens with one attached hydrogen (secondary N) is 2. The molecule has 0 amide bonds. The van der Waals surface area contributed by atoms with Crippen LogP contribution in [-0.4, -0.2) is 42.4 Å². The number of aromatic nitrogens is 2. The molecule has 3 rings (SSSR count). The van der Waals surface area contributed by atoms with Crippen molar-refractivity contribution in [2.24, 2.45) is 5.92 Å². The Kier molecular flexibility index (Phi) is 6.92. The molecule has 0 radical (unpaired) electrons. The van der Waals surface area contributed by atoms with Gasteiger partial charge >= 0.3 is 5.76 Å². The van der Waals surface area contributed by atoms with E-state index in [1.165, 1.54) is 6.07 Å². The van der Waals surface area contributed by atoms with Crippen molar-refractivity contribution >= 4 is 10.2 Å². The van der Waals surface area contributed by atoms with Crippen molar-refractivity contribution in [1.29, 1.82) is 0 Å². The van der Waals surface area contributed by atoms with Crippen LogP contribution in [0, 0.1) is 25.6 Å². The molecule has 0 spiro atoms. The Morgan fingerprint density at radius 1 is 1.26 bits per heavy atom. The van der Waals surface area contributed by atoms with Crippen LogP contribution in [-0.2, 0) is 10.2 Å². The Hall–Kier alpha value is -2.18. The van der Waals surface area contributed by atoms with Crippen molar-refractivity contribution in [2.75, 3.05) is 13.1 Å². The molecule has 1 aromatic carbocycles. The summed E-state index contributed by atoms with van der Waals surface area (Å²) in [5, 5.41) is 5.82. The molecule has 1 saturated heterocycles. The number of H-pyrrole nitrogens is 1. The maximum absolute atomic E-state index is 14.7. The van der Waals surface area contributed by atoms with Crippen molar-refractivity contribution in [3.8, 4) is 0 Å². The van der Waals surface area contributed by atoms with Gasteiger partial charge in [-0.1, -0.05) is 13.0 Å². The predicted octanol–water partition coefficient (Wildman–Crippen LogP) is 2.78. The molecular formula is C19H25F3N4O4S. The van der Waals surface area contributed by atoms with E-state index in [-0.39, 0.29) is 37.4 Å². The topological polar surface area (TPSA) is 108 Å². The fourth-order valence-electron chi connectivity index (χ4n) is 3.87. The van der Waals surface area contributed by atoms with E-state index in [0.29, 0.717) is 5.56 Å². The highest BCUT2D eigenvalue weighted by Crippen LogP contribution is 2.35. The smallest absolute Gasteiger partial charge is 0.391 e. The van der Waals surface area contributed by atoms with Gasteiger partial charge in [0.15, 0.2) is 0 Å². The van der Waals surface area contributed by atoms with E-state index in [0.717, 1.165) is 9.87 Å². The fourth-order valence-corrected chi connectivity index (χ4v) is 5.34. The predicted molar refractivity (Wildman–Crippen MR) is 107 cm³/mol. The normalized spacial score (nSPS) is 18.4. The first-order valence-corrected chi connectivity index (χ1v) is 11.3. The van der Waals surface area contributed by atoms with E-state index in [1.54, 1.807) is 26.8 Å². The van der Waals surface area contributed by atoms with Crippen LogP contribution in [0.5, 0.6) is 0 Å². The van der Waals surface area contributed by atoms with Crippen LogP contribution >= 0.6 is 0 Å². The van der Waals surface area contributed by atoms with Gasteiger partial charge in [-0.25, -0.2) is 23.1 Å².